The predicted octanol–water partition coefficient (Wildman–Crippen LogP) is 9.30. The van der Waals surface area contributed by atoms with Crippen molar-refractivity contribution >= 4 is 0 Å². The van der Waals surface area contributed by atoms with Crippen LogP contribution in [0.2, 0.25) is 0 Å². The monoisotopic (exact) mass is 604 g/mol. The molecule has 2 aromatic carbocycles. The molecule has 0 spiro atoms. The van der Waals surface area contributed by atoms with Gasteiger partial charge in [-0.25, -0.2) is 8.78 Å². The van der Waals surface area contributed by atoms with E-state index < -0.39 is 47.8 Å². The van der Waals surface area contributed by atoms with Crippen molar-refractivity contribution in [2.75, 3.05) is 13.2 Å². The Labute approximate surface area is 240 Å². The summed E-state index contributed by atoms with van der Waals surface area (Å²) >= 11 is 0. The lowest BCUT2D eigenvalue weighted by Gasteiger charge is -2.37. The van der Waals surface area contributed by atoms with Crippen LogP contribution in [0.1, 0.15) is 81.6 Å². The third-order valence-electron chi connectivity index (χ3n) is 8.97. The van der Waals surface area contributed by atoms with Gasteiger partial charge in [-0.05, 0) is 80.0 Å². The van der Waals surface area contributed by atoms with Crippen molar-refractivity contribution in [2.24, 2.45) is 23.7 Å². The van der Waals surface area contributed by atoms with Crippen LogP contribution in [0.3, 0.4) is 0 Å². The maximum Gasteiger partial charge on any atom is 0.573 e. The molecule has 1 heterocycles. The standard InChI is InChI=1S/C31H35F7O4/c1-18-2-4-19(5-3-18)22-16-39-29(40-17-22)21-8-12-25(26(32)14-21)20-6-9-23(10-7-20)30(34,35)41-24-11-13-28(27(33)15-24)42-31(36,37)38/h8,11-15,18-20,22-23,29H,2-7,9-10,16-17H2,1H3. The molecule has 1 aliphatic heterocycles. The van der Waals surface area contributed by atoms with Crippen molar-refractivity contribution in [3.05, 3.63) is 59.2 Å². The van der Waals surface area contributed by atoms with Crippen LogP contribution in [0.15, 0.2) is 36.4 Å². The van der Waals surface area contributed by atoms with E-state index in [9.17, 15) is 26.3 Å². The van der Waals surface area contributed by atoms with Crippen LogP contribution in [0.25, 0.3) is 0 Å². The minimum atomic E-state index is -5.13. The van der Waals surface area contributed by atoms with Crippen LogP contribution < -0.4 is 9.47 Å². The first-order chi connectivity index (χ1) is 19.9. The molecule has 2 aliphatic carbocycles. The molecule has 2 saturated carbocycles. The van der Waals surface area contributed by atoms with Crippen molar-refractivity contribution in [3.63, 3.8) is 0 Å². The van der Waals surface area contributed by atoms with Gasteiger partial charge in [0.05, 0.1) is 19.1 Å². The molecule has 0 aromatic heterocycles. The maximum absolute atomic E-state index is 15.2. The van der Waals surface area contributed by atoms with E-state index in [-0.39, 0.29) is 31.6 Å². The lowest BCUT2D eigenvalue weighted by Crippen LogP contribution is -2.37. The van der Waals surface area contributed by atoms with E-state index in [4.69, 9.17) is 14.2 Å². The third-order valence-corrected chi connectivity index (χ3v) is 8.97. The summed E-state index contributed by atoms with van der Waals surface area (Å²) in [7, 11) is 0. The number of benzene rings is 2. The highest BCUT2D eigenvalue weighted by molar-refractivity contribution is 5.33. The second kappa shape index (κ2) is 12.6. The summed E-state index contributed by atoms with van der Waals surface area (Å²) in [6, 6.07) is 6.61. The van der Waals surface area contributed by atoms with E-state index in [0.29, 0.717) is 48.3 Å². The van der Waals surface area contributed by atoms with E-state index in [0.717, 1.165) is 12.0 Å². The number of halogens is 7. The quantitative estimate of drug-likeness (QED) is 0.295. The molecule has 5 rings (SSSR count). The molecule has 4 nitrogen and oxygen atoms in total. The van der Waals surface area contributed by atoms with Gasteiger partial charge in [-0.1, -0.05) is 31.9 Å². The SMILES string of the molecule is CC1CCC(C2COC(c3ccc(C4CCC(C(F)(F)Oc5ccc(OC(F)(F)F)c(F)c5)CC4)c(F)c3)OC2)CC1. The van der Waals surface area contributed by atoms with Crippen molar-refractivity contribution in [3.8, 4) is 11.5 Å². The fraction of sp³-hybridized carbons (Fsp3) is 0.613. The van der Waals surface area contributed by atoms with E-state index in [1.54, 1.807) is 12.1 Å². The van der Waals surface area contributed by atoms with Gasteiger partial charge in [-0.3, -0.25) is 0 Å². The fourth-order valence-electron chi connectivity index (χ4n) is 6.49. The Bertz CT molecular complexity index is 1200. The molecule has 1 saturated heterocycles. The topological polar surface area (TPSA) is 36.9 Å². The lowest BCUT2D eigenvalue weighted by atomic mass is 9.76. The fourth-order valence-corrected chi connectivity index (χ4v) is 6.49. The summed E-state index contributed by atoms with van der Waals surface area (Å²) in [5.74, 6) is -3.48. The van der Waals surface area contributed by atoms with E-state index in [2.05, 4.69) is 11.7 Å². The zero-order valence-corrected chi connectivity index (χ0v) is 23.3. The molecular formula is C31H35F7O4. The Kier molecular flexibility index (Phi) is 9.27. The van der Waals surface area contributed by atoms with Gasteiger partial charge in [0, 0.05) is 17.5 Å². The predicted molar refractivity (Wildman–Crippen MR) is 139 cm³/mol. The summed E-state index contributed by atoms with van der Waals surface area (Å²) in [5, 5.41) is 0. The second-order valence-corrected chi connectivity index (χ2v) is 11.9. The van der Waals surface area contributed by atoms with Crippen molar-refractivity contribution in [1.82, 2.24) is 0 Å². The molecule has 0 atom stereocenters. The first-order valence-electron chi connectivity index (χ1n) is 14.5. The van der Waals surface area contributed by atoms with Gasteiger partial charge >= 0.3 is 12.5 Å². The molecule has 11 heteroatoms. The van der Waals surface area contributed by atoms with Crippen LogP contribution in [0.5, 0.6) is 11.5 Å². The molecule has 0 unspecified atom stereocenters. The van der Waals surface area contributed by atoms with Gasteiger partial charge in [0.25, 0.3) is 0 Å². The molecule has 0 N–H and O–H groups in total. The van der Waals surface area contributed by atoms with Crippen molar-refractivity contribution in [1.29, 1.82) is 0 Å². The number of hydrogen-bond acceptors (Lipinski definition) is 4. The molecule has 0 bridgehead atoms. The Morgan fingerprint density at radius 1 is 0.714 bits per heavy atom. The molecule has 232 valence electrons. The van der Waals surface area contributed by atoms with Crippen LogP contribution >= 0.6 is 0 Å². The maximum atomic E-state index is 15.2. The van der Waals surface area contributed by atoms with Gasteiger partial charge < -0.3 is 18.9 Å². The van der Waals surface area contributed by atoms with Crippen molar-refractivity contribution < 1.29 is 49.7 Å². The van der Waals surface area contributed by atoms with Crippen molar-refractivity contribution in [2.45, 2.75) is 83.0 Å². The average Bonchev–Trinajstić information content (AvgIpc) is 2.94. The second-order valence-electron chi connectivity index (χ2n) is 11.9. The molecule has 0 amide bonds. The Hall–Kier alpha value is -2.53. The summed E-state index contributed by atoms with van der Waals surface area (Å²) in [6.45, 7) is 3.43. The van der Waals surface area contributed by atoms with Crippen LogP contribution in [0, 0.1) is 35.3 Å². The smallest absolute Gasteiger partial charge is 0.432 e. The number of rotatable bonds is 7. The third kappa shape index (κ3) is 7.51. The van der Waals surface area contributed by atoms with Gasteiger partial charge in [0.2, 0.25) is 0 Å². The van der Waals surface area contributed by atoms with Crippen LogP contribution in [-0.2, 0) is 9.47 Å². The first kappa shape index (κ1) is 30.9. The number of alkyl halides is 5. The summed E-state index contributed by atoms with van der Waals surface area (Å²) < 4.78 is 116. The molecule has 0 radical (unpaired) electrons. The Morgan fingerprint density at radius 3 is 1.98 bits per heavy atom. The summed E-state index contributed by atoms with van der Waals surface area (Å²) in [5.41, 5.74) is 1.02. The Morgan fingerprint density at radius 2 is 1.38 bits per heavy atom. The lowest BCUT2D eigenvalue weighted by molar-refractivity contribution is -0.275. The zero-order valence-electron chi connectivity index (χ0n) is 23.3. The molecular weight excluding hydrogens is 569 g/mol. The highest BCUT2D eigenvalue weighted by Gasteiger charge is 2.45. The zero-order chi connectivity index (χ0) is 30.1. The first-order valence-corrected chi connectivity index (χ1v) is 14.5. The number of hydrogen-bond donors (Lipinski definition) is 0. The molecule has 3 fully saturated rings. The largest absolute Gasteiger partial charge is 0.573 e. The highest BCUT2D eigenvalue weighted by atomic mass is 19.4. The average molecular weight is 605 g/mol. The summed E-state index contributed by atoms with van der Waals surface area (Å²) in [4.78, 5) is 0. The highest BCUT2D eigenvalue weighted by Crippen LogP contribution is 2.45. The number of ether oxygens (including phenoxy) is 4. The Balaban J connectivity index is 1.13. The summed E-state index contributed by atoms with van der Waals surface area (Å²) in [6.07, 6.45) is -4.05. The van der Waals surface area contributed by atoms with Gasteiger partial charge in [-0.2, -0.15) is 8.78 Å². The molecule has 42 heavy (non-hydrogen) atoms. The van der Waals surface area contributed by atoms with E-state index in [1.165, 1.54) is 31.7 Å². The minimum Gasteiger partial charge on any atom is -0.432 e. The molecule has 2 aromatic rings. The van der Waals surface area contributed by atoms with E-state index in [1.807, 2.05) is 0 Å². The van der Waals surface area contributed by atoms with Crippen LogP contribution in [-0.4, -0.2) is 25.7 Å². The van der Waals surface area contributed by atoms with Crippen LogP contribution in [0.4, 0.5) is 30.7 Å². The van der Waals surface area contributed by atoms with E-state index >= 15 is 4.39 Å². The van der Waals surface area contributed by atoms with Gasteiger partial charge in [0.1, 0.15) is 11.6 Å². The molecule has 3 aliphatic rings. The minimum absolute atomic E-state index is 0.0206. The normalized spacial score (nSPS) is 29.2. The van der Waals surface area contributed by atoms with Gasteiger partial charge in [-0.15, -0.1) is 13.2 Å². The van der Waals surface area contributed by atoms with Gasteiger partial charge in [0.15, 0.2) is 17.9 Å².